The first-order chi connectivity index (χ1) is 10.5. The van der Waals surface area contributed by atoms with E-state index in [1.165, 1.54) is 30.2 Å². The molecule has 3 heterocycles. The van der Waals surface area contributed by atoms with E-state index in [9.17, 15) is 8.42 Å². The maximum Gasteiger partial charge on any atom is 0.271 e. The molecule has 0 unspecified atom stereocenters. The standard InChI is InChI=1S/C14H18N4O2S2/c1-11-5-6-13(21-11)22(19,20)17-12-9-15-14(16-10-12)18-7-3-2-4-8-18/h5-6,9-10,17H,2-4,7-8H2,1H3. The van der Waals surface area contributed by atoms with Gasteiger partial charge >= 0.3 is 0 Å². The Bertz CT molecular complexity index is 734. The molecule has 0 atom stereocenters. The minimum absolute atomic E-state index is 0.296. The second-order valence-electron chi connectivity index (χ2n) is 5.29. The molecule has 0 radical (unpaired) electrons. The Labute approximate surface area is 134 Å². The summed E-state index contributed by atoms with van der Waals surface area (Å²) in [5.41, 5.74) is 0.381. The highest BCUT2D eigenvalue weighted by Crippen LogP contribution is 2.23. The highest BCUT2D eigenvalue weighted by atomic mass is 32.2. The van der Waals surface area contributed by atoms with E-state index in [0.29, 0.717) is 15.8 Å². The van der Waals surface area contributed by atoms with Crippen LogP contribution < -0.4 is 9.62 Å². The van der Waals surface area contributed by atoms with Crippen molar-refractivity contribution in [3.8, 4) is 0 Å². The van der Waals surface area contributed by atoms with Gasteiger partial charge in [0.1, 0.15) is 4.21 Å². The molecule has 1 N–H and O–H groups in total. The van der Waals surface area contributed by atoms with Gasteiger partial charge in [-0.1, -0.05) is 0 Å². The van der Waals surface area contributed by atoms with Gasteiger partial charge in [-0.25, -0.2) is 18.4 Å². The van der Waals surface area contributed by atoms with Gasteiger partial charge in [-0.05, 0) is 38.3 Å². The highest BCUT2D eigenvalue weighted by molar-refractivity contribution is 7.94. The lowest BCUT2D eigenvalue weighted by Crippen LogP contribution is -2.30. The number of aromatic nitrogens is 2. The third kappa shape index (κ3) is 3.38. The first kappa shape index (κ1) is 15.2. The van der Waals surface area contributed by atoms with Gasteiger partial charge in [-0.15, -0.1) is 11.3 Å². The summed E-state index contributed by atoms with van der Waals surface area (Å²) >= 11 is 1.24. The third-order valence-corrected chi connectivity index (χ3v) is 6.38. The highest BCUT2D eigenvalue weighted by Gasteiger charge is 2.17. The topological polar surface area (TPSA) is 75.2 Å². The van der Waals surface area contributed by atoms with Crippen LogP contribution in [0.25, 0.3) is 0 Å². The predicted molar refractivity (Wildman–Crippen MR) is 88.0 cm³/mol. The van der Waals surface area contributed by atoms with Crippen molar-refractivity contribution in [3.05, 3.63) is 29.4 Å². The van der Waals surface area contributed by atoms with Crippen LogP contribution in [0.5, 0.6) is 0 Å². The van der Waals surface area contributed by atoms with Crippen LogP contribution in [0.1, 0.15) is 24.1 Å². The third-order valence-electron chi connectivity index (χ3n) is 3.51. The van der Waals surface area contributed by atoms with Gasteiger partial charge in [0, 0.05) is 18.0 Å². The second kappa shape index (κ2) is 6.21. The fraction of sp³-hybridized carbons (Fsp3) is 0.429. The number of aryl methyl sites for hydroxylation is 1. The fourth-order valence-corrected chi connectivity index (χ4v) is 4.70. The monoisotopic (exact) mass is 338 g/mol. The molecule has 2 aromatic heterocycles. The van der Waals surface area contributed by atoms with Gasteiger partial charge in [0.25, 0.3) is 10.0 Å². The maximum absolute atomic E-state index is 12.2. The van der Waals surface area contributed by atoms with Gasteiger partial charge < -0.3 is 4.90 Å². The summed E-state index contributed by atoms with van der Waals surface area (Å²) < 4.78 is 27.3. The predicted octanol–water partition coefficient (Wildman–Crippen LogP) is 2.64. The molecule has 2 aromatic rings. The van der Waals surface area contributed by atoms with Crippen molar-refractivity contribution >= 4 is 33.0 Å². The Hall–Kier alpha value is -1.67. The first-order valence-corrected chi connectivity index (χ1v) is 9.51. The number of rotatable bonds is 4. The molecule has 118 valence electrons. The number of thiophene rings is 1. The van der Waals surface area contributed by atoms with Crippen molar-refractivity contribution in [2.75, 3.05) is 22.7 Å². The number of sulfonamides is 1. The first-order valence-electron chi connectivity index (χ1n) is 7.21. The van der Waals surface area contributed by atoms with E-state index in [-0.39, 0.29) is 0 Å². The van der Waals surface area contributed by atoms with E-state index < -0.39 is 10.0 Å². The van der Waals surface area contributed by atoms with Crippen molar-refractivity contribution in [2.45, 2.75) is 30.4 Å². The Balaban J connectivity index is 1.73. The summed E-state index contributed by atoms with van der Waals surface area (Å²) in [7, 11) is -3.56. The average Bonchev–Trinajstić information content (AvgIpc) is 2.96. The smallest absolute Gasteiger partial charge is 0.271 e. The molecule has 22 heavy (non-hydrogen) atoms. The number of piperidine rings is 1. The molecule has 0 aliphatic carbocycles. The maximum atomic E-state index is 12.2. The van der Waals surface area contributed by atoms with E-state index in [1.54, 1.807) is 12.1 Å². The molecule has 1 aliphatic heterocycles. The van der Waals surface area contributed by atoms with Crippen LogP contribution in [0.2, 0.25) is 0 Å². The van der Waals surface area contributed by atoms with E-state index in [0.717, 1.165) is 30.8 Å². The minimum atomic E-state index is -3.56. The zero-order valence-electron chi connectivity index (χ0n) is 12.3. The number of nitrogens with zero attached hydrogens (tertiary/aromatic N) is 3. The van der Waals surface area contributed by atoms with Gasteiger partial charge in [-0.2, -0.15) is 0 Å². The second-order valence-corrected chi connectivity index (χ2v) is 8.49. The van der Waals surface area contributed by atoms with Crippen molar-refractivity contribution in [3.63, 3.8) is 0 Å². The molecule has 3 rings (SSSR count). The lowest BCUT2D eigenvalue weighted by atomic mass is 10.1. The summed E-state index contributed by atoms with van der Waals surface area (Å²) in [6.07, 6.45) is 6.59. The summed E-state index contributed by atoms with van der Waals surface area (Å²) in [5, 5.41) is 0. The molecule has 0 saturated carbocycles. The molecular weight excluding hydrogens is 320 g/mol. The molecule has 0 bridgehead atoms. The minimum Gasteiger partial charge on any atom is -0.341 e. The lowest BCUT2D eigenvalue weighted by Gasteiger charge is -2.26. The van der Waals surface area contributed by atoms with Crippen molar-refractivity contribution < 1.29 is 8.42 Å². The van der Waals surface area contributed by atoms with Gasteiger partial charge in [-0.3, -0.25) is 4.72 Å². The zero-order chi connectivity index (χ0) is 15.6. The quantitative estimate of drug-likeness (QED) is 0.927. The van der Waals surface area contributed by atoms with E-state index in [2.05, 4.69) is 19.6 Å². The Kier molecular flexibility index (Phi) is 4.30. The fourth-order valence-electron chi connectivity index (χ4n) is 2.39. The van der Waals surface area contributed by atoms with Crippen LogP contribution >= 0.6 is 11.3 Å². The van der Waals surface area contributed by atoms with E-state index >= 15 is 0 Å². The lowest BCUT2D eigenvalue weighted by molar-refractivity contribution is 0.568. The number of nitrogens with one attached hydrogen (secondary N) is 1. The van der Waals surface area contributed by atoms with Crippen LogP contribution in [-0.4, -0.2) is 31.5 Å². The molecular formula is C14H18N4O2S2. The molecule has 0 aromatic carbocycles. The van der Waals surface area contributed by atoms with Gasteiger partial charge in [0.05, 0.1) is 18.1 Å². The van der Waals surface area contributed by atoms with Gasteiger partial charge in [0.2, 0.25) is 5.95 Å². The summed E-state index contributed by atoms with van der Waals surface area (Å²) in [5.74, 6) is 0.662. The molecule has 1 aliphatic rings. The molecule has 0 amide bonds. The van der Waals surface area contributed by atoms with E-state index in [1.807, 2.05) is 6.92 Å². The van der Waals surface area contributed by atoms with Gasteiger partial charge in [0.15, 0.2) is 0 Å². The molecule has 0 spiro atoms. The number of anilines is 2. The van der Waals surface area contributed by atoms with Crippen LogP contribution in [-0.2, 0) is 10.0 Å². The molecule has 1 fully saturated rings. The van der Waals surface area contributed by atoms with Crippen molar-refractivity contribution in [1.29, 1.82) is 0 Å². The molecule has 6 nitrogen and oxygen atoms in total. The summed E-state index contributed by atoms with van der Waals surface area (Å²) in [6, 6.07) is 3.39. The van der Waals surface area contributed by atoms with Crippen molar-refractivity contribution in [1.82, 2.24) is 9.97 Å². The van der Waals surface area contributed by atoms with Crippen molar-refractivity contribution in [2.24, 2.45) is 0 Å². The largest absolute Gasteiger partial charge is 0.341 e. The van der Waals surface area contributed by atoms with Crippen LogP contribution in [0, 0.1) is 6.92 Å². The summed E-state index contributed by atoms with van der Waals surface area (Å²) in [6.45, 7) is 3.79. The Morgan fingerprint density at radius 3 is 2.41 bits per heavy atom. The Morgan fingerprint density at radius 2 is 1.82 bits per heavy atom. The zero-order valence-corrected chi connectivity index (χ0v) is 14.0. The van der Waals surface area contributed by atoms with Crippen LogP contribution in [0.15, 0.2) is 28.7 Å². The number of hydrogen-bond acceptors (Lipinski definition) is 6. The average molecular weight is 338 g/mol. The van der Waals surface area contributed by atoms with Crippen LogP contribution in [0.3, 0.4) is 0 Å². The molecule has 8 heteroatoms. The number of hydrogen-bond donors (Lipinski definition) is 1. The van der Waals surface area contributed by atoms with Crippen LogP contribution in [0.4, 0.5) is 11.6 Å². The molecule has 1 saturated heterocycles. The SMILES string of the molecule is Cc1ccc(S(=O)(=O)Nc2cnc(N3CCCCC3)nc2)s1. The van der Waals surface area contributed by atoms with E-state index in [4.69, 9.17) is 0 Å². The summed E-state index contributed by atoms with van der Waals surface area (Å²) in [4.78, 5) is 11.6. The Morgan fingerprint density at radius 1 is 1.14 bits per heavy atom. The normalized spacial score (nSPS) is 15.8.